The Labute approximate surface area is 156 Å². The minimum absolute atomic E-state index is 0.108. The Bertz CT molecular complexity index is 1010. The normalized spacial score (nSPS) is 13.9. The van der Waals surface area contributed by atoms with Gasteiger partial charge in [-0.15, -0.1) is 0 Å². The van der Waals surface area contributed by atoms with Crippen molar-refractivity contribution in [2.45, 2.75) is 25.9 Å². The SMILES string of the molecule is O=C(Cn1ncc2ccccc2c1=O)NCc1ccc(N2CCCC2)nc1. The van der Waals surface area contributed by atoms with Crippen molar-refractivity contribution in [3.05, 3.63) is 64.7 Å². The van der Waals surface area contributed by atoms with Crippen LogP contribution in [0.3, 0.4) is 0 Å². The molecule has 0 spiro atoms. The molecule has 1 aliphatic rings. The highest BCUT2D eigenvalue weighted by molar-refractivity contribution is 5.81. The van der Waals surface area contributed by atoms with E-state index in [1.165, 1.54) is 17.5 Å². The predicted octanol–water partition coefficient (Wildman–Crippen LogP) is 1.71. The maximum Gasteiger partial charge on any atom is 0.275 e. The monoisotopic (exact) mass is 363 g/mol. The third kappa shape index (κ3) is 3.81. The standard InChI is InChI=1S/C20H21N5O2/c26-19(14-25-20(27)17-6-2-1-5-16(17)13-23-25)22-12-15-7-8-18(21-11-15)24-9-3-4-10-24/h1-2,5-8,11,13H,3-4,9-10,12,14H2,(H,22,26). The largest absolute Gasteiger partial charge is 0.357 e. The summed E-state index contributed by atoms with van der Waals surface area (Å²) in [6, 6.07) is 11.2. The van der Waals surface area contributed by atoms with Gasteiger partial charge in [0.1, 0.15) is 12.4 Å². The molecule has 7 nitrogen and oxygen atoms in total. The van der Waals surface area contributed by atoms with Crippen molar-refractivity contribution in [3.8, 4) is 0 Å². The summed E-state index contributed by atoms with van der Waals surface area (Å²) >= 11 is 0. The number of benzene rings is 1. The number of fused-ring (bicyclic) bond motifs is 1. The van der Waals surface area contributed by atoms with Crippen LogP contribution in [0.1, 0.15) is 18.4 Å². The van der Waals surface area contributed by atoms with Crippen LogP contribution in [0.5, 0.6) is 0 Å². The molecule has 0 aliphatic carbocycles. The number of rotatable bonds is 5. The topological polar surface area (TPSA) is 80.1 Å². The Morgan fingerprint density at radius 2 is 1.89 bits per heavy atom. The van der Waals surface area contributed by atoms with Crippen molar-refractivity contribution in [2.75, 3.05) is 18.0 Å². The van der Waals surface area contributed by atoms with Crippen molar-refractivity contribution in [1.29, 1.82) is 0 Å². The molecular weight excluding hydrogens is 342 g/mol. The molecule has 0 unspecified atom stereocenters. The second kappa shape index (κ2) is 7.57. The third-order valence-corrected chi connectivity index (χ3v) is 4.78. The Hall–Kier alpha value is -3.22. The van der Waals surface area contributed by atoms with Crippen LogP contribution in [0.2, 0.25) is 0 Å². The summed E-state index contributed by atoms with van der Waals surface area (Å²) in [5.74, 6) is 0.720. The summed E-state index contributed by atoms with van der Waals surface area (Å²) in [4.78, 5) is 31.4. The summed E-state index contributed by atoms with van der Waals surface area (Å²) in [5.41, 5.74) is 0.657. The zero-order chi connectivity index (χ0) is 18.6. The summed E-state index contributed by atoms with van der Waals surface area (Å²) < 4.78 is 1.19. The number of amides is 1. The van der Waals surface area contributed by atoms with Crippen LogP contribution in [0.15, 0.2) is 53.6 Å². The quantitative estimate of drug-likeness (QED) is 0.746. The Morgan fingerprint density at radius 3 is 2.67 bits per heavy atom. The number of carbonyl (C=O) groups is 1. The highest BCUT2D eigenvalue weighted by Crippen LogP contribution is 2.17. The van der Waals surface area contributed by atoms with Gasteiger partial charge in [0.15, 0.2) is 0 Å². The first-order valence-corrected chi connectivity index (χ1v) is 9.12. The smallest absolute Gasteiger partial charge is 0.275 e. The van der Waals surface area contributed by atoms with E-state index >= 15 is 0 Å². The van der Waals surface area contributed by atoms with Gasteiger partial charge in [-0.2, -0.15) is 5.10 Å². The molecule has 2 aromatic heterocycles. The van der Waals surface area contributed by atoms with Crippen molar-refractivity contribution < 1.29 is 4.79 Å². The molecule has 138 valence electrons. The van der Waals surface area contributed by atoms with Crippen LogP contribution in [0.4, 0.5) is 5.82 Å². The van der Waals surface area contributed by atoms with Crippen LogP contribution in [-0.4, -0.2) is 33.8 Å². The predicted molar refractivity (Wildman–Crippen MR) is 104 cm³/mol. The summed E-state index contributed by atoms with van der Waals surface area (Å²) in [5, 5.41) is 8.23. The Balaban J connectivity index is 1.37. The summed E-state index contributed by atoms with van der Waals surface area (Å²) in [7, 11) is 0. The molecule has 3 aromatic rings. The number of nitrogens with one attached hydrogen (secondary N) is 1. The average molecular weight is 363 g/mol. The van der Waals surface area contributed by atoms with E-state index in [0.717, 1.165) is 29.9 Å². The van der Waals surface area contributed by atoms with Crippen molar-refractivity contribution in [2.24, 2.45) is 0 Å². The number of aromatic nitrogens is 3. The number of hydrogen-bond donors (Lipinski definition) is 1. The lowest BCUT2D eigenvalue weighted by Crippen LogP contribution is -2.33. The van der Waals surface area contributed by atoms with E-state index in [2.05, 4.69) is 20.3 Å². The molecule has 7 heteroatoms. The van der Waals surface area contributed by atoms with Gasteiger partial charge in [0, 0.05) is 31.2 Å². The van der Waals surface area contributed by atoms with Gasteiger partial charge >= 0.3 is 0 Å². The lowest BCUT2D eigenvalue weighted by atomic mass is 10.2. The molecule has 1 aromatic carbocycles. The van der Waals surface area contributed by atoms with Crippen LogP contribution in [0, 0.1) is 0 Å². The van der Waals surface area contributed by atoms with E-state index in [4.69, 9.17) is 0 Å². The van der Waals surface area contributed by atoms with Crippen LogP contribution >= 0.6 is 0 Å². The number of nitrogens with zero attached hydrogens (tertiary/aromatic N) is 4. The molecule has 1 saturated heterocycles. The molecule has 1 aliphatic heterocycles. The van der Waals surface area contributed by atoms with Crippen LogP contribution in [0.25, 0.3) is 10.8 Å². The van der Waals surface area contributed by atoms with Gasteiger partial charge in [-0.3, -0.25) is 9.59 Å². The summed E-state index contributed by atoms with van der Waals surface area (Å²) in [6.07, 6.45) is 5.81. The molecule has 1 N–H and O–H groups in total. The van der Waals surface area contributed by atoms with Gasteiger partial charge in [-0.25, -0.2) is 9.67 Å². The van der Waals surface area contributed by atoms with Gasteiger partial charge in [-0.05, 0) is 30.5 Å². The molecule has 27 heavy (non-hydrogen) atoms. The lowest BCUT2D eigenvalue weighted by molar-refractivity contribution is -0.122. The van der Waals surface area contributed by atoms with E-state index < -0.39 is 0 Å². The number of carbonyl (C=O) groups excluding carboxylic acids is 1. The van der Waals surface area contributed by atoms with Gasteiger partial charge in [0.25, 0.3) is 5.56 Å². The van der Waals surface area contributed by atoms with Crippen LogP contribution < -0.4 is 15.8 Å². The van der Waals surface area contributed by atoms with Gasteiger partial charge in [0.05, 0.1) is 11.6 Å². The van der Waals surface area contributed by atoms with E-state index in [1.807, 2.05) is 24.3 Å². The molecule has 0 radical (unpaired) electrons. The molecule has 1 fully saturated rings. The minimum Gasteiger partial charge on any atom is -0.357 e. The first-order chi connectivity index (χ1) is 13.2. The second-order valence-electron chi connectivity index (χ2n) is 6.69. The van der Waals surface area contributed by atoms with Crippen molar-refractivity contribution >= 4 is 22.5 Å². The fraction of sp³-hybridized carbons (Fsp3) is 0.300. The minimum atomic E-state index is -0.264. The molecule has 0 saturated carbocycles. The molecule has 0 atom stereocenters. The van der Waals surface area contributed by atoms with E-state index in [-0.39, 0.29) is 18.0 Å². The lowest BCUT2D eigenvalue weighted by Gasteiger charge is -2.16. The van der Waals surface area contributed by atoms with Gasteiger partial charge in [0.2, 0.25) is 5.91 Å². The molecule has 1 amide bonds. The summed E-state index contributed by atoms with van der Waals surface area (Å²) in [6.45, 7) is 2.37. The number of hydrogen-bond acceptors (Lipinski definition) is 5. The zero-order valence-corrected chi connectivity index (χ0v) is 15.0. The zero-order valence-electron chi connectivity index (χ0n) is 15.0. The Kier molecular flexibility index (Phi) is 4.82. The maximum atomic E-state index is 12.4. The van der Waals surface area contributed by atoms with E-state index in [9.17, 15) is 9.59 Å². The van der Waals surface area contributed by atoms with Crippen LogP contribution in [-0.2, 0) is 17.9 Å². The second-order valence-corrected chi connectivity index (χ2v) is 6.69. The van der Waals surface area contributed by atoms with E-state index in [1.54, 1.807) is 24.5 Å². The van der Waals surface area contributed by atoms with Crippen molar-refractivity contribution in [3.63, 3.8) is 0 Å². The molecule has 0 bridgehead atoms. The average Bonchev–Trinajstić information content (AvgIpc) is 3.24. The molecule has 3 heterocycles. The number of pyridine rings is 1. The Morgan fingerprint density at radius 1 is 1.07 bits per heavy atom. The first-order valence-electron chi connectivity index (χ1n) is 9.12. The van der Waals surface area contributed by atoms with Crippen molar-refractivity contribution in [1.82, 2.24) is 20.1 Å². The van der Waals surface area contributed by atoms with E-state index in [0.29, 0.717) is 11.9 Å². The van der Waals surface area contributed by atoms with Gasteiger partial charge < -0.3 is 10.2 Å². The molecule has 4 rings (SSSR count). The first kappa shape index (κ1) is 17.2. The number of anilines is 1. The fourth-order valence-corrected chi connectivity index (χ4v) is 3.29. The highest BCUT2D eigenvalue weighted by Gasteiger charge is 2.13. The van der Waals surface area contributed by atoms with Gasteiger partial charge in [-0.1, -0.05) is 24.3 Å². The fourth-order valence-electron chi connectivity index (χ4n) is 3.29. The third-order valence-electron chi connectivity index (χ3n) is 4.78. The molecular formula is C20H21N5O2. The maximum absolute atomic E-state index is 12.4. The highest BCUT2D eigenvalue weighted by atomic mass is 16.2.